The average molecular weight is 200 g/mol. The second-order valence-electron chi connectivity index (χ2n) is 2.43. The molecule has 0 saturated carbocycles. The third kappa shape index (κ3) is 4.34. The summed E-state index contributed by atoms with van der Waals surface area (Å²) >= 11 is 0. The molecule has 0 aliphatic rings. The molecule has 0 aliphatic carbocycles. The van der Waals surface area contributed by atoms with E-state index in [1.165, 1.54) is 13.8 Å². The zero-order valence-electron chi connectivity index (χ0n) is 6.84. The van der Waals surface area contributed by atoms with Gasteiger partial charge in [-0.1, -0.05) is 13.8 Å². The average Bonchev–Trinajstić information content (AvgIpc) is 1.97. The highest BCUT2D eigenvalue weighted by Gasteiger charge is 2.43. The number of hydrogen-bond acceptors (Lipinski definition) is 4. The van der Waals surface area contributed by atoms with E-state index in [-0.39, 0.29) is 0 Å². The van der Waals surface area contributed by atoms with Crippen molar-refractivity contribution in [1.29, 1.82) is 0 Å². The third-order valence-corrected chi connectivity index (χ3v) is 0.902. The van der Waals surface area contributed by atoms with Gasteiger partial charge in [0.05, 0.1) is 5.92 Å². The van der Waals surface area contributed by atoms with Crippen LogP contribution >= 0.6 is 0 Å². The van der Waals surface area contributed by atoms with Gasteiger partial charge in [-0.25, -0.2) is 19.4 Å². The largest absolute Gasteiger partial charge is 0.495 e. The lowest BCUT2D eigenvalue weighted by Crippen LogP contribution is -2.27. The van der Waals surface area contributed by atoms with E-state index < -0.39 is 24.0 Å². The van der Waals surface area contributed by atoms with Crippen molar-refractivity contribution in [2.24, 2.45) is 5.92 Å². The van der Waals surface area contributed by atoms with E-state index in [1.54, 1.807) is 0 Å². The van der Waals surface area contributed by atoms with Crippen molar-refractivity contribution in [2.45, 2.75) is 20.0 Å². The number of carbonyl (C=O) groups is 2. The Morgan fingerprint density at radius 3 is 1.92 bits per heavy atom. The summed E-state index contributed by atoms with van der Waals surface area (Å²) in [6, 6.07) is 0. The lowest BCUT2D eigenvalue weighted by molar-refractivity contribution is -0.287. The minimum absolute atomic E-state index is 0.666. The van der Waals surface area contributed by atoms with Gasteiger partial charge in [-0.2, -0.15) is 13.2 Å². The Kier molecular flexibility index (Phi) is 3.70. The van der Waals surface area contributed by atoms with Crippen molar-refractivity contribution < 1.29 is 32.5 Å². The SMILES string of the molecule is CC(C)C(=O)OOC(=O)C(F)(F)F. The second kappa shape index (κ2) is 4.11. The molecule has 0 aromatic heterocycles. The molecular formula is C6H7F3O4. The van der Waals surface area contributed by atoms with E-state index in [2.05, 4.69) is 9.78 Å². The zero-order valence-corrected chi connectivity index (χ0v) is 6.84. The molecule has 0 fully saturated rings. The normalized spacial score (nSPS) is 11.2. The standard InChI is InChI=1S/C6H7F3O4/c1-3(2)4(10)12-13-5(11)6(7,8)9/h3H,1-2H3. The summed E-state index contributed by atoms with van der Waals surface area (Å²) in [5.41, 5.74) is 0. The molecule has 0 saturated heterocycles. The maximum Gasteiger partial charge on any atom is 0.495 e. The van der Waals surface area contributed by atoms with Gasteiger partial charge in [0.1, 0.15) is 0 Å². The number of halogens is 3. The first kappa shape index (κ1) is 11.7. The molecule has 0 radical (unpaired) electrons. The molecule has 7 heteroatoms. The topological polar surface area (TPSA) is 52.6 Å². The Morgan fingerprint density at radius 1 is 1.15 bits per heavy atom. The summed E-state index contributed by atoms with van der Waals surface area (Å²) in [6.07, 6.45) is -5.16. The van der Waals surface area contributed by atoms with Gasteiger partial charge >= 0.3 is 18.1 Å². The Labute approximate surface area is 71.5 Å². The number of alkyl halides is 3. The zero-order chi connectivity index (χ0) is 10.6. The fourth-order valence-electron chi connectivity index (χ4n) is 0.222. The Balaban J connectivity index is 3.92. The van der Waals surface area contributed by atoms with Crippen LogP contribution in [0.5, 0.6) is 0 Å². The van der Waals surface area contributed by atoms with E-state index >= 15 is 0 Å². The van der Waals surface area contributed by atoms with Gasteiger partial charge in [0.2, 0.25) is 0 Å². The highest BCUT2D eigenvalue weighted by molar-refractivity contribution is 5.77. The predicted octanol–water partition coefficient (Wildman–Crippen LogP) is 1.21. The summed E-state index contributed by atoms with van der Waals surface area (Å²) in [7, 11) is 0. The van der Waals surface area contributed by atoms with Gasteiger partial charge in [0, 0.05) is 0 Å². The fourth-order valence-corrected chi connectivity index (χ4v) is 0.222. The van der Waals surface area contributed by atoms with Gasteiger partial charge in [-0.15, -0.1) is 0 Å². The molecule has 0 aromatic carbocycles. The van der Waals surface area contributed by atoms with Crippen LogP contribution in [0.3, 0.4) is 0 Å². The van der Waals surface area contributed by atoms with Crippen LogP contribution in [0.2, 0.25) is 0 Å². The molecule has 4 nitrogen and oxygen atoms in total. The molecular weight excluding hydrogens is 193 g/mol. The van der Waals surface area contributed by atoms with Crippen LogP contribution in [0, 0.1) is 5.92 Å². The van der Waals surface area contributed by atoms with E-state index in [9.17, 15) is 22.8 Å². The quantitative estimate of drug-likeness (QED) is 0.471. The molecule has 0 amide bonds. The van der Waals surface area contributed by atoms with E-state index in [0.29, 0.717) is 0 Å². The second-order valence-corrected chi connectivity index (χ2v) is 2.43. The van der Waals surface area contributed by atoms with Crippen molar-refractivity contribution in [1.82, 2.24) is 0 Å². The van der Waals surface area contributed by atoms with Crippen LogP contribution in [-0.4, -0.2) is 18.1 Å². The number of carbonyl (C=O) groups excluding carboxylic acids is 2. The fraction of sp³-hybridized carbons (Fsp3) is 0.667. The predicted molar refractivity (Wildman–Crippen MR) is 33.1 cm³/mol. The van der Waals surface area contributed by atoms with Gasteiger partial charge in [-0.3, -0.25) is 0 Å². The number of hydrogen-bond donors (Lipinski definition) is 0. The Morgan fingerprint density at radius 2 is 1.62 bits per heavy atom. The summed E-state index contributed by atoms with van der Waals surface area (Å²) in [5, 5.41) is 0. The molecule has 0 bridgehead atoms. The lowest BCUT2D eigenvalue weighted by Gasteiger charge is -2.06. The van der Waals surface area contributed by atoms with Crippen LogP contribution in [0.1, 0.15) is 13.8 Å². The minimum atomic E-state index is -5.16. The summed E-state index contributed by atoms with van der Waals surface area (Å²) in [4.78, 5) is 27.3. The van der Waals surface area contributed by atoms with Gasteiger partial charge in [0.25, 0.3) is 0 Å². The molecule has 0 aliphatic heterocycles. The summed E-state index contributed by atoms with van der Waals surface area (Å²) in [5.74, 6) is -4.26. The van der Waals surface area contributed by atoms with Crippen molar-refractivity contribution >= 4 is 11.9 Å². The van der Waals surface area contributed by atoms with Crippen molar-refractivity contribution in [2.75, 3.05) is 0 Å². The van der Waals surface area contributed by atoms with Gasteiger partial charge in [-0.05, 0) is 0 Å². The smallest absolute Gasteiger partial charge is 0.247 e. The van der Waals surface area contributed by atoms with Crippen molar-refractivity contribution in [3.63, 3.8) is 0 Å². The van der Waals surface area contributed by atoms with E-state index in [4.69, 9.17) is 0 Å². The molecule has 0 spiro atoms. The van der Waals surface area contributed by atoms with Crippen LogP contribution in [-0.2, 0) is 19.4 Å². The minimum Gasteiger partial charge on any atom is -0.247 e. The van der Waals surface area contributed by atoms with Crippen LogP contribution in [0.25, 0.3) is 0 Å². The van der Waals surface area contributed by atoms with Crippen LogP contribution in [0.15, 0.2) is 0 Å². The maximum atomic E-state index is 11.4. The number of rotatable bonds is 1. The Bertz CT molecular complexity index is 208. The summed E-state index contributed by atoms with van der Waals surface area (Å²) in [6.45, 7) is 2.76. The Hall–Kier alpha value is -1.27. The molecule has 76 valence electrons. The maximum absolute atomic E-state index is 11.4. The summed E-state index contributed by atoms with van der Waals surface area (Å²) < 4.78 is 34.3. The van der Waals surface area contributed by atoms with Crippen LogP contribution in [0.4, 0.5) is 13.2 Å². The van der Waals surface area contributed by atoms with Crippen LogP contribution < -0.4 is 0 Å². The molecule has 0 N–H and O–H groups in total. The molecule has 13 heavy (non-hydrogen) atoms. The van der Waals surface area contributed by atoms with E-state index in [1.807, 2.05) is 0 Å². The first-order valence-corrected chi connectivity index (χ1v) is 3.24. The molecule has 0 heterocycles. The molecule has 0 atom stereocenters. The highest BCUT2D eigenvalue weighted by atomic mass is 19.4. The van der Waals surface area contributed by atoms with Crippen molar-refractivity contribution in [3.8, 4) is 0 Å². The van der Waals surface area contributed by atoms with Crippen molar-refractivity contribution in [3.05, 3.63) is 0 Å². The highest BCUT2D eigenvalue weighted by Crippen LogP contribution is 2.16. The lowest BCUT2D eigenvalue weighted by atomic mass is 10.2. The molecule has 0 aromatic rings. The molecule has 0 rings (SSSR count). The first-order chi connectivity index (χ1) is 5.75. The third-order valence-electron chi connectivity index (χ3n) is 0.902. The van der Waals surface area contributed by atoms with E-state index in [0.717, 1.165) is 0 Å². The first-order valence-electron chi connectivity index (χ1n) is 3.24. The molecule has 0 unspecified atom stereocenters. The van der Waals surface area contributed by atoms with Gasteiger partial charge in [0.15, 0.2) is 0 Å². The van der Waals surface area contributed by atoms with Gasteiger partial charge < -0.3 is 0 Å². The monoisotopic (exact) mass is 200 g/mol.